The minimum absolute atomic E-state index is 0.107. The first-order chi connectivity index (χ1) is 10.4. The van der Waals surface area contributed by atoms with E-state index >= 15 is 0 Å². The summed E-state index contributed by atoms with van der Waals surface area (Å²) in [6.45, 7) is 0.107. The van der Waals surface area contributed by atoms with Crippen LogP contribution in [0.1, 0.15) is 0 Å². The average Bonchev–Trinajstić information content (AvgIpc) is 2.45. The smallest absolute Gasteiger partial charge is 0.324 e. The molecule has 22 heavy (non-hydrogen) atoms. The number of H-pyrrole nitrogens is 1. The molecular weight excluding hydrogens is 307 g/mol. The molecule has 7 nitrogen and oxygen atoms in total. The van der Waals surface area contributed by atoms with Crippen molar-refractivity contribution in [3.63, 3.8) is 0 Å². The fourth-order valence-electron chi connectivity index (χ4n) is 1.87. The molecule has 0 unspecified atom stereocenters. The molecule has 8 heteroatoms. The Morgan fingerprint density at radius 3 is 2.45 bits per heavy atom. The molecule has 0 bridgehead atoms. The van der Waals surface area contributed by atoms with Crippen LogP contribution in [0.4, 0.5) is 0 Å². The quantitative estimate of drug-likeness (QED) is 0.560. The van der Waals surface area contributed by atoms with E-state index in [1.165, 1.54) is 22.9 Å². The van der Waals surface area contributed by atoms with Crippen LogP contribution in [0.3, 0.4) is 0 Å². The minimum Gasteiger partial charge on any atom is -0.324 e. The number of aromatic nitrogens is 2. The van der Waals surface area contributed by atoms with Gasteiger partial charge in [0, 0.05) is 12.7 Å². The lowest BCUT2D eigenvalue weighted by atomic mass is 10.1. The van der Waals surface area contributed by atoms with E-state index in [1.54, 1.807) is 24.3 Å². The Hall–Kier alpha value is -2.21. The zero-order valence-corrected chi connectivity index (χ0v) is 12.4. The molecule has 2 aromatic rings. The second-order valence-electron chi connectivity index (χ2n) is 4.64. The Bertz CT molecular complexity index is 832. The Balaban J connectivity index is 2.28. The summed E-state index contributed by atoms with van der Waals surface area (Å²) in [5.41, 5.74) is -0.0301. The molecule has 0 aliphatic rings. The molecule has 116 valence electrons. The lowest BCUT2D eigenvalue weighted by Crippen LogP contribution is -2.30. The molecule has 0 aliphatic heterocycles. The molecule has 2 rings (SSSR count). The van der Waals surface area contributed by atoms with E-state index in [2.05, 4.69) is 4.98 Å². The van der Waals surface area contributed by atoms with Crippen molar-refractivity contribution < 1.29 is 14.4 Å². The molecular formula is C14H15N2O5P. The van der Waals surface area contributed by atoms with Gasteiger partial charge in [-0.2, -0.15) is 0 Å². The zero-order valence-electron chi connectivity index (χ0n) is 11.5. The molecule has 3 N–H and O–H groups in total. The Morgan fingerprint density at radius 2 is 1.82 bits per heavy atom. The van der Waals surface area contributed by atoms with Crippen LogP contribution in [-0.2, 0) is 11.1 Å². The lowest BCUT2D eigenvalue weighted by molar-refractivity contribution is 0.377. The highest BCUT2D eigenvalue weighted by Crippen LogP contribution is 2.33. The monoisotopic (exact) mass is 322 g/mol. The number of benzene rings is 1. The zero-order chi connectivity index (χ0) is 16.2. The van der Waals surface area contributed by atoms with Gasteiger partial charge in [-0.15, -0.1) is 0 Å². The van der Waals surface area contributed by atoms with Crippen molar-refractivity contribution in [3.8, 4) is 11.1 Å². The molecule has 1 aromatic carbocycles. The third-order valence-corrected chi connectivity index (χ3v) is 3.59. The number of hydrogen-bond acceptors (Lipinski definition) is 3. The number of rotatable bonds is 5. The van der Waals surface area contributed by atoms with Gasteiger partial charge in [0.1, 0.15) is 0 Å². The third-order valence-electron chi connectivity index (χ3n) is 2.91. The highest BCUT2D eigenvalue weighted by Gasteiger charge is 2.09. The van der Waals surface area contributed by atoms with Crippen molar-refractivity contribution in [2.24, 2.45) is 0 Å². The molecule has 1 heterocycles. The maximum absolute atomic E-state index is 11.9. The molecule has 0 fully saturated rings. The van der Waals surface area contributed by atoms with Gasteiger partial charge in [0.05, 0.1) is 11.7 Å². The van der Waals surface area contributed by atoms with E-state index in [4.69, 9.17) is 9.79 Å². The highest BCUT2D eigenvalue weighted by atomic mass is 31.2. The van der Waals surface area contributed by atoms with E-state index in [9.17, 15) is 14.2 Å². The summed E-state index contributed by atoms with van der Waals surface area (Å²) in [5, 5.41) is 0. The van der Waals surface area contributed by atoms with Crippen LogP contribution >= 0.6 is 7.60 Å². The van der Waals surface area contributed by atoms with Crippen LogP contribution in [0, 0.1) is 0 Å². The van der Waals surface area contributed by atoms with Crippen molar-refractivity contribution >= 4 is 7.60 Å². The second-order valence-corrected chi connectivity index (χ2v) is 6.33. The van der Waals surface area contributed by atoms with Gasteiger partial charge in [-0.3, -0.25) is 18.9 Å². The van der Waals surface area contributed by atoms with Crippen LogP contribution in [0.25, 0.3) is 11.1 Å². The van der Waals surface area contributed by atoms with Gasteiger partial charge in [-0.1, -0.05) is 42.5 Å². The largest absolute Gasteiger partial charge is 0.329 e. The summed E-state index contributed by atoms with van der Waals surface area (Å²) in [7, 11) is -4.10. The van der Waals surface area contributed by atoms with Gasteiger partial charge in [-0.05, 0) is 5.56 Å². The van der Waals surface area contributed by atoms with E-state index in [-0.39, 0.29) is 6.54 Å². The Labute approximate surface area is 125 Å². The fraction of sp³-hybridized carbons (Fsp3) is 0.143. The first kappa shape index (κ1) is 16.2. The summed E-state index contributed by atoms with van der Waals surface area (Å²) in [6, 6.07) is 8.89. The van der Waals surface area contributed by atoms with Crippen molar-refractivity contribution in [1.29, 1.82) is 0 Å². The summed E-state index contributed by atoms with van der Waals surface area (Å²) in [4.78, 5) is 43.3. The molecule has 0 amide bonds. The Kier molecular flexibility index (Phi) is 4.92. The van der Waals surface area contributed by atoms with Crippen molar-refractivity contribution in [2.75, 3.05) is 6.16 Å². The molecule has 0 radical (unpaired) electrons. The SMILES string of the molecule is O=c1[nH]c(=O)n(C/C=C/CP(=O)(O)O)cc1-c1ccccc1. The van der Waals surface area contributed by atoms with Crippen LogP contribution in [0.15, 0.2) is 58.3 Å². The molecule has 1 aromatic heterocycles. The number of nitrogens with one attached hydrogen (secondary N) is 1. The summed E-state index contributed by atoms with van der Waals surface area (Å²) >= 11 is 0. The van der Waals surface area contributed by atoms with Gasteiger partial charge in [-0.25, -0.2) is 4.79 Å². The van der Waals surface area contributed by atoms with Crippen LogP contribution in [-0.4, -0.2) is 25.5 Å². The maximum Gasteiger partial charge on any atom is 0.329 e. The van der Waals surface area contributed by atoms with Gasteiger partial charge in [0.25, 0.3) is 5.56 Å². The standard InChI is InChI=1S/C14H15N2O5P/c17-13-12(11-6-2-1-3-7-11)10-16(14(18)15-13)8-4-5-9-22(19,20)21/h1-7,10H,8-9H2,(H,15,17,18)(H2,19,20,21)/b5-4+. The van der Waals surface area contributed by atoms with E-state index in [0.717, 1.165) is 0 Å². The minimum atomic E-state index is -4.10. The number of nitrogens with zero attached hydrogens (tertiary/aromatic N) is 1. The van der Waals surface area contributed by atoms with Crippen molar-refractivity contribution in [2.45, 2.75) is 6.54 Å². The second kappa shape index (κ2) is 6.70. The third kappa shape index (κ3) is 4.39. The summed E-state index contributed by atoms with van der Waals surface area (Å²) < 4.78 is 12.0. The van der Waals surface area contributed by atoms with Gasteiger partial charge >= 0.3 is 13.3 Å². The number of aromatic amines is 1. The normalized spacial score (nSPS) is 11.9. The molecule has 0 saturated heterocycles. The summed E-state index contributed by atoms with van der Waals surface area (Å²) in [6.07, 6.45) is 3.81. The lowest BCUT2D eigenvalue weighted by Gasteiger charge is -2.05. The predicted octanol–water partition coefficient (Wildman–Crippen LogP) is 0.938. The van der Waals surface area contributed by atoms with Gasteiger partial charge in [0.15, 0.2) is 0 Å². The topological polar surface area (TPSA) is 112 Å². The van der Waals surface area contributed by atoms with Gasteiger partial charge in [0.2, 0.25) is 0 Å². The van der Waals surface area contributed by atoms with Crippen LogP contribution in [0.5, 0.6) is 0 Å². The number of hydrogen-bond donors (Lipinski definition) is 3. The van der Waals surface area contributed by atoms with Crippen LogP contribution < -0.4 is 11.2 Å². The van der Waals surface area contributed by atoms with Gasteiger partial charge < -0.3 is 9.79 Å². The van der Waals surface area contributed by atoms with Crippen LogP contribution in [0.2, 0.25) is 0 Å². The Morgan fingerprint density at radius 1 is 1.14 bits per heavy atom. The molecule has 0 aliphatic carbocycles. The van der Waals surface area contributed by atoms with E-state index in [1.807, 2.05) is 6.07 Å². The summed E-state index contributed by atoms with van der Waals surface area (Å²) in [5.74, 6) is 0. The van der Waals surface area contributed by atoms with Crippen molar-refractivity contribution in [3.05, 3.63) is 69.5 Å². The molecule has 0 saturated carbocycles. The molecule has 0 spiro atoms. The van der Waals surface area contributed by atoms with E-state index in [0.29, 0.717) is 11.1 Å². The fourth-order valence-corrected chi connectivity index (χ4v) is 2.29. The predicted molar refractivity (Wildman–Crippen MR) is 82.8 cm³/mol. The average molecular weight is 322 g/mol. The first-order valence-electron chi connectivity index (χ1n) is 6.45. The molecule has 0 atom stereocenters. The van der Waals surface area contributed by atoms with Crippen molar-refractivity contribution in [1.82, 2.24) is 9.55 Å². The maximum atomic E-state index is 11.9. The first-order valence-corrected chi connectivity index (χ1v) is 8.25. The van der Waals surface area contributed by atoms with E-state index < -0.39 is 25.0 Å². The highest BCUT2D eigenvalue weighted by molar-refractivity contribution is 7.51. The number of allylic oxidation sites excluding steroid dienone is 2.